The van der Waals surface area contributed by atoms with Crippen molar-refractivity contribution >= 4 is 22.5 Å². The maximum Gasteiger partial charge on any atom is 0.167 e. The quantitative estimate of drug-likeness (QED) is 0.488. The van der Waals surface area contributed by atoms with Gasteiger partial charge < -0.3 is 0 Å². The van der Waals surface area contributed by atoms with E-state index in [9.17, 15) is 17.6 Å². The van der Waals surface area contributed by atoms with E-state index in [0.717, 1.165) is 12.1 Å². The van der Waals surface area contributed by atoms with Gasteiger partial charge in [-0.05, 0) is 18.2 Å². The van der Waals surface area contributed by atoms with E-state index in [4.69, 9.17) is 11.6 Å². The topological polar surface area (TPSA) is 25.8 Å². The fourth-order valence-electron chi connectivity index (χ4n) is 1.93. The highest BCUT2D eigenvalue weighted by Crippen LogP contribution is 2.29. The van der Waals surface area contributed by atoms with Crippen molar-refractivity contribution in [2.75, 3.05) is 0 Å². The highest BCUT2D eigenvalue weighted by molar-refractivity contribution is 6.34. The Morgan fingerprint density at radius 1 is 0.810 bits per heavy atom. The van der Waals surface area contributed by atoms with Gasteiger partial charge in [0.2, 0.25) is 0 Å². The lowest BCUT2D eigenvalue weighted by molar-refractivity contribution is 0.547. The third-order valence-electron chi connectivity index (χ3n) is 2.84. The summed E-state index contributed by atoms with van der Waals surface area (Å²) in [5, 5.41) is 0.0565. The van der Waals surface area contributed by atoms with E-state index in [0.29, 0.717) is 12.1 Å². The monoisotopic (exact) mass is 312 g/mol. The third-order valence-corrected chi connectivity index (χ3v) is 3.13. The van der Waals surface area contributed by atoms with Gasteiger partial charge in [0.15, 0.2) is 5.82 Å². The lowest BCUT2D eigenvalue weighted by atomic mass is 10.1. The molecule has 0 atom stereocenters. The van der Waals surface area contributed by atoms with Crippen LogP contribution in [0.4, 0.5) is 17.6 Å². The fraction of sp³-hybridized carbons (Fsp3) is 0. The minimum atomic E-state index is -1.15. The number of aromatic nitrogens is 2. The number of hydrogen-bond acceptors (Lipinski definition) is 2. The van der Waals surface area contributed by atoms with Crippen LogP contribution < -0.4 is 0 Å². The predicted molar refractivity (Wildman–Crippen MR) is 69.8 cm³/mol. The molecule has 0 unspecified atom stereocenters. The third kappa shape index (κ3) is 2.42. The molecule has 1 aromatic heterocycles. The van der Waals surface area contributed by atoms with E-state index in [1.54, 1.807) is 0 Å². The van der Waals surface area contributed by atoms with Crippen molar-refractivity contribution in [2.24, 2.45) is 0 Å². The zero-order valence-electron chi connectivity index (χ0n) is 10.2. The second kappa shape index (κ2) is 4.96. The summed E-state index contributed by atoms with van der Waals surface area (Å²) in [4.78, 5) is 7.68. The molecule has 0 radical (unpaired) electrons. The lowest BCUT2D eigenvalue weighted by Crippen LogP contribution is -1.98. The molecule has 0 N–H and O–H groups in total. The second-order valence-electron chi connectivity index (χ2n) is 4.24. The summed E-state index contributed by atoms with van der Waals surface area (Å²) in [6, 6.07) is 4.59. The van der Waals surface area contributed by atoms with Crippen LogP contribution in [-0.4, -0.2) is 9.97 Å². The first-order valence-corrected chi connectivity index (χ1v) is 6.11. The zero-order valence-corrected chi connectivity index (χ0v) is 10.9. The zero-order chi connectivity index (χ0) is 15.1. The van der Waals surface area contributed by atoms with E-state index in [2.05, 4.69) is 9.97 Å². The summed E-state index contributed by atoms with van der Waals surface area (Å²) in [6.07, 6.45) is 0. The Morgan fingerprint density at radius 3 is 2.14 bits per heavy atom. The predicted octanol–water partition coefficient (Wildman–Crippen LogP) is 4.51. The van der Waals surface area contributed by atoms with Gasteiger partial charge in [0.05, 0.1) is 11.1 Å². The molecule has 21 heavy (non-hydrogen) atoms. The van der Waals surface area contributed by atoms with Crippen LogP contribution in [0.1, 0.15) is 0 Å². The largest absolute Gasteiger partial charge is 0.228 e. The lowest BCUT2D eigenvalue weighted by Gasteiger charge is -2.07. The first-order valence-electron chi connectivity index (χ1n) is 5.73. The van der Waals surface area contributed by atoms with Crippen molar-refractivity contribution in [3.8, 4) is 11.4 Å². The van der Waals surface area contributed by atoms with Gasteiger partial charge in [-0.15, -0.1) is 0 Å². The number of fused-ring (bicyclic) bond motifs is 1. The molecule has 0 aliphatic carbocycles. The molecule has 106 valence electrons. The molecule has 0 bridgehead atoms. The molecule has 0 saturated heterocycles. The van der Waals surface area contributed by atoms with Gasteiger partial charge in [0.1, 0.15) is 28.4 Å². The Bertz CT molecular complexity index is 844. The summed E-state index contributed by atoms with van der Waals surface area (Å²) in [7, 11) is 0. The maximum atomic E-state index is 13.7. The van der Waals surface area contributed by atoms with Crippen LogP contribution in [0.2, 0.25) is 5.15 Å². The van der Waals surface area contributed by atoms with E-state index in [1.807, 2.05) is 0 Å². The number of rotatable bonds is 1. The van der Waals surface area contributed by atoms with Gasteiger partial charge in [-0.1, -0.05) is 11.6 Å². The molecule has 0 aliphatic rings. The highest BCUT2D eigenvalue weighted by atomic mass is 35.5. The summed E-state index contributed by atoms with van der Waals surface area (Å²) >= 11 is 5.88. The van der Waals surface area contributed by atoms with Crippen LogP contribution in [0.25, 0.3) is 22.3 Å². The van der Waals surface area contributed by atoms with Crippen LogP contribution in [0.3, 0.4) is 0 Å². The van der Waals surface area contributed by atoms with Crippen LogP contribution in [0.5, 0.6) is 0 Å². The molecule has 0 amide bonds. The van der Waals surface area contributed by atoms with Crippen molar-refractivity contribution in [1.82, 2.24) is 9.97 Å². The Balaban J connectivity index is 2.29. The van der Waals surface area contributed by atoms with Gasteiger partial charge in [-0.2, -0.15) is 0 Å². The van der Waals surface area contributed by atoms with Crippen molar-refractivity contribution in [1.29, 1.82) is 0 Å². The van der Waals surface area contributed by atoms with E-state index < -0.39 is 28.8 Å². The van der Waals surface area contributed by atoms with Gasteiger partial charge in [-0.3, -0.25) is 0 Å². The average Bonchev–Trinajstić information content (AvgIpc) is 2.38. The minimum absolute atomic E-state index is 0.155. The molecule has 7 heteroatoms. The van der Waals surface area contributed by atoms with Crippen molar-refractivity contribution in [3.05, 3.63) is 58.8 Å². The van der Waals surface area contributed by atoms with Gasteiger partial charge in [0, 0.05) is 17.5 Å². The normalized spacial score (nSPS) is 11.1. The molecule has 1 heterocycles. The summed E-state index contributed by atoms with van der Waals surface area (Å²) in [5.41, 5.74) is -0.376. The summed E-state index contributed by atoms with van der Waals surface area (Å²) in [5.74, 6) is -4.23. The maximum absolute atomic E-state index is 13.7. The fourth-order valence-corrected chi connectivity index (χ4v) is 2.16. The Labute approximate surface area is 121 Å². The molecule has 0 spiro atoms. The number of benzene rings is 2. The first-order chi connectivity index (χ1) is 9.95. The SMILES string of the molecule is Fc1cc(F)c(-c2nc(Cl)c3cc(F)ccc3n2)c(F)c1. The number of hydrogen-bond donors (Lipinski definition) is 0. The highest BCUT2D eigenvalue weighted by Gasteiger charge is 2.18. The Hall–Kier alpha value is -2.21. The smallest absolute Gasteiger partial charge is 0.167 e. The minimum Gasteiger partial charge on any atom is -0.228 e. The summed E-state index contributed by atoms with van der Waals surface area (Å²) < 4.78 is 53.5. The molecular formula is C14H5ClF4N2. The van der Waals surface area contributed by atoms with Crippen LogP contribution in [0.15, 0.2) is 30.3 Å². The molecule has 2 nitrogen and oxygen atoms in total. The average molecular weight is 313 g/mol. The molecule has 3 aromatic rings. The second-order valence-corrected chi connectivity index (χ2v) is 4.60. The van der Waals surface area contributed by atoms with Gasteiger partial charge in [-0.25, -0.2) is 27.5 Å². The van der Waals surface area contributed by atoms with E-state index in [-0.39, 0.29) is 21.9 Å². The van der Waals surface area contributed by atoms with Gasteiger partial charge >= 0.3 is 0 Å². The first kappa shape index (κ1) is 13.8. The molecular weight excluding hydrogens is 308 g/mol. The van der Waals surface area contributed by atoms with Crippen LogP contribution in [0, 0.1) is 23.3 Å². The molecule has 0 aliphatic heterocycles. The van der Waals surface area contributed by atoms with Crippen molar-refractivity contribution in [3.63, 3.8) is 0 Å². The molecule has 2 aromatic carbocycles. The van der Waals surface area contributed by atoms with Crippen molar-refractivity contribution < 1.29 is 17.6 Å². The van der Waals surface area contributed by atoms with E-state index >= 15 is 0 Å². The molecule has 3 rings (SSSR count). The number of halogens is 5. The molecule has 0 fully saturated rings. The van der Waals surface area contributed by atoms with Gasteiger partial charge in [0.25, 0.3) is 0 Å². The summed E-state index contributed by atoms with van der Waals surface area (Å²) in [6.45, 7) is 0. The van der Waals surface area contributed by atoms with E-state index in [1.165, 1.54) is 6.07 Å². The number of nitrogens with zero attached hydrogens (tertiary/aromatic N) is 2. The van der Waals surface area contributed by atoms with Crippen molar-refractivity contribution in [2.45, 2.75) is 0 Å². The standard InChI is InChI=1S/C14H5ClF4N2/c15-13-8-3-6(16)1-2-11(8)20-14(21-13)12-9(18)4-7(17)5-10(12)19/h1-5H. The Morgan fingerprint density at radius 2 is 1.48 bits per heavy atom. The molecule has 0 saturated carbocycles. The van der Waals surface area contributed by atoms with Crippen LogP contribution >= 0.6 is 11.6 Å². The van der Waals surface area contributed by atoms with Crippen LogP contribution in [-0.2, 0) is 0 Å². The Kier molecular flexibility index (Phi) is 3.25.